The van der Waals surface area contributed by atoms with Crippen LogP contribution in [0.5, 0.6) is 5.75 Å². The molecule has 1 N–H and O–H groups in total. The topological polar surface area (TPSA) is 20.2 Å². The highest BCUT2D eigenvalue weighted by molar-refractivity contribution is 9.10. The first-order valence-electron chi connectivity index (χ1n) is 5.19. The molecule has 17 heavy (non-hydrogen) atoms. The van der Waals surface area contributed by atoms with Gasteiger partial charge in [0.05, 0.1) is 10.0 Å². The number of aryl methyl sites for hydroxylation is 1. The first kappa shape index (κ1) is 11.9. The Labute approximate surface area is 107 Å². The Morgan fingerprint density at radius 3 is 2.76 bits per heavy atom. The molecule has 0 spiro atoms. The molecule has 0 fully saturated rings. The summed E-state index contributed by atoms with van der Waals surface area (Å²) in [7, 11) is 0. The molecule has 0 atom stereocenters. The molecule has 3 heteroatoms. The molecule has 2 aromatic carbocycles. The third-order valence-corrected chi connectivity index (χ3v) is 3.61. The predicted octanol–water partition coefficient (Wildman–Crippen LogP) is 3.99. The highest BCUT2D eigenvalue weighted by Gasteiger charge is 2.14. The summed E-state index contributed by atoms with van der Waals surface area (Å²) >= 11 is 3.29. The number of hydrogen-bond donors (Lipinski definition) is 1. The Kier molecular flexibility index (Phi) is 3.08. The van der Waals surface area contributed by atoms with Crippen LogP contribution in [0, 0.1) is 18.2 Å². The van der Waals surface area contributed by atoms with Gasteiger partial charge in [-0.1, -0.05) is 18.9 Å². The number of fused-ring (bicyclic) bond motifs is 1. The largest absolute Gasteiger partial charge is 0.507 e. The van der Waals surface area contributed by atoms with Crippen molar-refractivity contribution in [3.63, 3.8) is 0 Å². The molecular formula is C14H10BrFO. The molecule has 86 valence electrons. The third kappa shape index (κ3) is 1.79. The van der Waals surface area contributed by atoms with Crippen molar-refractivity contribution in [2.24, 2.45) is 0 Å². The summed E-state index contributed by atoms with van der Waals surface area (Å²) in [5.41, 5.74) is 1.09. The highest BCUT2D eigenvalue weighted by Crippen LogP contribution is 2.37. The smallest absolute Gasteiger partial charge is 0.139 e. The van der Waals surface area contributed by atoms with Crippen LogP contribution in [0.15, 0.2) is 22.7 Å². The number of phenolic OH excluding ortho intramolecular Hbond substituents is 1. The third-order valence-electron chi connectivity index (χ3n) is 2.77. The van der Waals surface area contributed by atoms with Crippen LogP contribution in [-0.2, 0) is 6.42 Å². The molecule has 2 rings (SSSR count). The molecule has 0 aliphatic rings. The van der Waals surface area contributed by atoms with E-state index in [0.29, 0.717) is 16.3 Å². The van der Waals surface area contributed by atoms with Crippen molar-refractivity contribution >= 4 is 26.7 Å². The maximum atomic E-state index is 13.6. The fourth-order valence-corrected chi connectivity index (χ4v) is 2.40. The molecule has 0 bridgehead atoms. The summed E-state index contributed by atoms with van der Waals surface area (Å²) in [6, 6.07) is 4.56. The molecule has 2 aromatic rings. The Morgan fingerprint density at radius 1 is 1.47 bits per heavy atom. The summed E-state index contributed by atoms with van der Waals surface area (Å²) < 4.78 is 14.2. The van der Waals surface area contributed by atoms with Crippen LogP contribution < -0.4 is 0 Å². The first-order valence-corrected chi connectivity index (χ1v) is 5.98. The minimum absolute atomic E-state index is 0.143. The van der Waals surface area contributed by atoms with Crippen molar-refractivity contribution in [3.8, 4) is 18.1 Å². The standard InChI is InChI=1S/C14H10BrFO/c1-3-8-7-12(17)14(15)10-5-6-11(16)9(4-2)13(8)10/h2,5-7,17H,3H2,1H3. The number of aromatic hydroxyl groups is 1. The second-order valence-corrected chi connectivity index (χ2v) is 4.50. The van der Waals surface area contributed by atoms with E-state index in [1.807, 2.05) is 6.92 Å². The molecule has 0 aromatic heterocycles. The Balaban J connectivity index is 3.05. The van der Waals surface area contributed by atoms with Gasteiger partial charge in [-0.05, 0) is 40.0 Å². The maximum absolute atomic E-state index is 13.6. The summed E-state index contributed by atoms with van der Waals surface area (Å²) in [4.78, 5) is 0. The van der Waals surface area contributed by atoms with Gasteiger partial charge < -0.3 is 5.11 Å². The van der Waals surface area contributed by atoms with Gasteiger partial charge in [0.1, 0.15) is 11.6 Å². The number of rotatable bonds is 1. The van der Waals surface area contributed by atoms with Crippen molar-refractivity contribution in [2.45, 2.75) is 13.3 Å². The molecule has 0 radical (unpaired) electrons. The summed E-state index contributed by atoms with van der Waals surface area (Å²) in [5, 5.41) is 11.2. The van der Waals surface area contributed by atoms with Gasteiger partial charge in [-0.15, -0.1) is 6.42 Å². The van der Waals surface area contributed by atoms with Gasteiger partial charge in [-0.2, -0.15) is 0 Å². The van der Waals surface area contributed by atoms with E-state index in [0.717, 1.165) is 10.9 Å². The van der Waals surface area contributed by atoms with Gasteiger partial charge >= 0.3 is 0 Å². The zero-order valence-electron chi connectivity index (χ0n) is 9.22. The monoisotopic (exact) mass is 292 g/mol. The maximum Gasteiger partial charge on any atom is 0.139 e. The van der Waals surface area contributed by atoms with Gasteiger partial charge in [0.25, 0.3) is 0 Å². The minimum Gasteiger partial charge on any atom is -0.507 e. The lowest BCUT2D eigenvalue weighted by molar-refractivity contribution is 0.472. The van der Waals surface area contributed by atoms with Gasteiger partial charge in [0.2, 0.25) is 0 Å². The number of terminal acetylenes is 1. The van der Waals surface area contributed by atoms with Crippen molar-refractivity contribution in [3.05, 3.63) is 39.6 Å². The summed E-state index contributed by atoms with van der Waals surface area (Å²) in [6.45, 7) is 1.94. The quantitative estimate of drug-likeness (QED) is 0.788. The van der Waals surface area contributed by atoms with Crippen molar-refractivity contribution in [2.75, 3.05) is 0 Å². The molecule has 0 aliphatic heterocycles. The average Bonchev–Trinajstić information content (AvgIpc) is 2.33. The molecule has 1 nitrogen and oxygen atoms in total. The molecular weight excluding hydrogens is 283 g/mol. The zero-order chi connectivity index (χ0) is 12.6. The fourth-order valence-electron chi connectivity index (χ4n) is 1.95. The number of phenols is 1. The van der Waals surface area contributed by atoms with Gasteiger partial charge in [0.15, 0.2) is 0 Å². The minimum atomic E-state index is -0.410. The lowest BCUT2D eigenvalue weighted by atomic mass is 9.97. The SMILES string of the molecule is C#Cc1c(F)ccc2c(Br)c(O)cc(CC)c12. The average molecular weight is 293 g/mol. The molecule has 0 saturated heterocycles. The van der Waals surface area contributed by atoms with E-state index in [4.69, 9.17) is 6.42 Å². The Bertz CT molecular complexity index is 641. The predicted molar refractivity (Wildman–Crippen MR) is 70.6 cm³/mol. The number of benzene rings is 2. The Morgan fingerprint density at radius 2 is 2.18 bits per heavy atom. The normalized spacial score (nSPS) is 10.5. The number of halogens is 2. The van der Waals surface area contributed by atoms with E-state index in [1.54, 1.807) is 12.1 Å². The van der Waals surface area contributed by atoms with E-state index in [1.165, 1.54) is 6.07 Å². The van der Waals surface area contributed by atoms with E-state index >= 15 is 0 Å². The molecule has 0 unspecified atom stereocenters. The number of hydrogen-bond acceptors (Lipinski definition) is 1. The summed E-state index contributed by atoms with van der Waals surface area (Å²) in [6.07, 6.45) is 6.04. The second-order valence-electron chi connectivity index (χ2n) is 3.71. The highest BCUT2D eigenvalue weighted by atomic mass is 79.9. The van der Waals surface area contributed by atoms with Crippen molar-refractivity contribution < 1.29 is 9.50 Å². The molecule has 0 aliphatic carbocycles. The van der Waals surface area contributed by atoms with Crippen LogP contribution >= 0.6 is 15.9 Å². The van der Waals surface area contributed by atoms with E-state index in [2.05, 4.69) is 21.9 Å². The van der Waals surface area contributed by atoms with Gasteiger partial charge in [0, 0.05) is 10.8 Å². The van der Waals surface area contributed by atoms with Crippen LogP contribution in [0.2, 0.25) is 0 Å². The van der Waals surface area contributed by atoms with Crippen LogP contribution in [0.3, 0.4) is 0 Å². The van der Waals surface area contributed by atoms with Crippen molar-refractivity contribution in [1.82, 2.24) is 0 Å². The van der Waals surface area contributed by atoms with Crippen LogP contribution in [0.25, 0.3) is 10.8 Å². The lowest BCUT2D eigenvalue weighted by Gasteiger charge is -2.11. The zero-order valence-corrected chi connectivity index (χ0v) is 10.8. The van der Waals surface area contributed by atoms with Crippen LogP contribution in [-0.4, -0.2) is 5.11 Å². The molecule has 0 amide bonds. The second kappa shape index (κ2) is 4.38. The summed E-state index contributed by atoms with van der Waals surface area (Å²) in [5.74, 6) is 2.11. The van der Waals surface area contributed by atoms with E-state index < -0.39 is 5.82 Å². The van der Waals surface area contributed by atoms with E-state index in [9.17, 15) is 9.50 Å². The van der Waals surface area contributed by atoms with Gasteiger partial charge in [-0.25, -0.2) is 4.39 Å². The van der Waals surface area contributed by atoms with Crippen LogP contribution in [0.4, 0.5) is 4.39 Å². The Hall–Kier alpha value is -1.53. The van der Waals surface area contributed by atoms with Crippen LogP contribution in [0.1, 0.15) is 18.1 Å². The van der Waals surface area contributed by atoms with Crippen molar-refractivity contribution in [1.29, 1.82) is 0 Å². The first-order chi connectivity index (χ1) is 8.10. The fraction of sp³-hybridized carbons (Fsp3) is 0.143. The van der Waals surface area contributed by atoms with E-state index in [-0.39, 0.29) is 11.3 Å². The molecule has 0 heterocycles. The lowest BCUT2D eigenvalue weighted by Crippen LogP contribution is -1.93. The molecule has 0 saturated carbocycles. The van der Waals surface area contributed by atoms with Gasteiger partial charge in [-0.3, -0.25) is 0 Å².